The van der Waals surface area contributed by atoms with E-state index >= 15 is 0 Å². The van der Waals surface area contributed by atoms with Gasteiger partial charge in [-0.3, -0.25) is 4.79 Å². The third-order valence-electron chi connectivity index (χ3n) is 2.42. The molecule has 0 spiro atoms. The molecule has 1 aliphatic carbocycles. The maximum absolute atomic E-state index is 11.0. The number of carbonyl (C=O) groups is 1. The smallest absolute Gasteiger partial charge is 0.220 e. The summed E-state index contributed by atoms with van der Waals surface area (Å²) >= 11 is 0. The van der Waals surface area contributed by atoms with Crippen LogP contribution < -0.4 is 4.74 Å². The first-order chi connectivity index (χ1) is 7.20. The van der Waals surface area contributed by atoms with Crippen molar-refractivity contribution in [1.29, 1.82) is 0 Å². The van der Waals surface area contributed by atoms with Crippen LogP contribution in [0, 0.1) is 0 Å². The van der Waals surface area contributed by atoms with Crippen LogP contribution >= 0.6 is 0 Å². The fraction of sp³-hybridized carbons (Fsp3) is 0.545. The van der Waals surface area contributed by atoms with Crippen molar-refractivity contribution >= 4 is 5.78 Å². The fourth-order valence-corrected chi connectivity index (χ4v) is 1.51. The van der Waals surface area contributed by atoms with Crippen LogP contribution in [0.3, 0.4) is 0 Å². The summed E-state index contributed by atoms with van der Waals surface area (Å²) in [5.41, 5.74) is 0.773. The van der Waals surface area contributed by atoms with Gasteiger partial charge in [-0.05, 0) is 19.8 Å². The van der Waals surface area contributed by atoms with E-state index < -0.39 is 0 Å². The predicted molar refractivity (Wildman–Crippen MR) is 54.9 cm³/mol. The van der Waals surface area contributed by atoms with Crippen LogP contribution in [0.1, 0.15) is 37.1 Å². The van der Waals surface area contributed by atoms with Gasteiger partial charge in [0.15, 0.2) is 0 Å². The maximum atomic E-state index is 11.0. The Balaban J connectivity index is 2.26. The molecular weight excluding hydrogens is 192 g/mol. The molecule has 1 aliphatic rings. The normalized spacial score (nSPS) is 15.1. The summed E-state index contributed by atoms with van der Waals surface area (Å²) in [5, 5.41) is 0. The Morgan fingerprint density at radius 1 is 1.60 bits per heavy atom. The first-order valence-electron chi connectivity index (χ1n) is 5.10. The highest BCUT2D eigenvalue weighted by molar-refractivity contribution is 5.78. The summed E-state index contributed by atoms with van der Waals surface area (Å²) in [5.74, 6) is 1.99. The topological polar surface area (TPSA) is 52.1 Å². The van der Waals surface area contributed by atoms with Crippen molar-refractivity contribution in [2.24, 2.45) is 0 Å². The zero-order valence-corrected chi connectivity index (χ0v) is 8.99. The van der Waals surface area contributed by atoms with Crippen LogP contribution in [-0.4, -0.2) is 22.9 Å². The van der Waals surface area contributed by atoms with Gasteiger partial charge in [0.25, 0.3) is 0 Å². The lowest BCUT2D eigenvalue weighted by Gasteiger charge is -2.06. The monoisotopic (exact) mass is 206 g/mol. The molecule has 0 atom stereocenters. The van der Waals surface area contributed by atoms with Crippen molar-refractivity contribution in [1.82, 2.24) is 9.97 Å². The second-order valence-electron chi connectivity index (χ2n) is 3.92. The molecule has 1 aromatic heterocycles. The molecule has 0 N–H and O–H groups in total. The fourth-order valence-electron chi connectivity index (χ4n) is 1.51. The van der Waals surface area contributed by atoms with Gasteiger partial charge in [0, 0.05) is 24.1 Å². The van der Waals surface area contributed by atoms with Crippen LogP contribution in [0.5, 0.6) is 5.88 Å². The molecule has 1 fully saturated rings. The minimum absolute atomic E-state index is 0.0936. The van der Waals surface area contributed by atoms with Crippen LogP contribution in [0.25, 0.3) is 0 Å². The number of rotatable bonds is 4. The molecule has 0 aliphatic heterocycles. The summed E-state index contributed by atoms with van der Waals surface area (Å²) in [7, 11) is 1.57. The van der Waals surface area contributed by atoms with Gasteiger partial charge in [0.1, 0.15) is 11.6 Å². The molecule has 0 radical (unpaired) electrons. The number of ether oxygens (including phenoxy) is 1. The second-order valence-corrected chi connectivity index (χ2v) is 3.92. The van der Waals surface area contributed by atoms with Gasteiger partial charge >= 0.3 is 0 Å². The average molecular weight is 206 g/mol. The molecule has 0 unspecified atom stereocenters. The molecule has 15 heavy (non-hydrogen) atoms. The molecule has 2 rings (SSSR count). The Morgan fingerprint density at radius 2 is 2.33 bits per heavy atom. The zero-order valence-electron chi connectivity index (χ0n) is 8.99. The molecule has 0 bridgehead atoms. The van der Waals surface area contributed by atoms with Crippen molar-refractivity contribution in [3.8, 4) is 5.88 Å². The minimum Gasteiger partial charge on any atom is -0.481 e. The molecule has 80 valence electrons. The molecule has 1 heterocycles. The quantitative estimate of drug-likeness (QED) is 0.749. The molecule has 4 nitrogen and oxygen atoms in total. The summed E-state index contributed by atoms with van der Waals surface area (Å²) < 4.78 is 5.16. The minimum atomic E-state index is 0.0936. The van der Waals surface area contributed by atoms with Crippen molar-refractivity contribution in [2.45, 2.75) is 32.1 Å². The van der Waals surface area contributed by atoms with E-state index in [1.807, 2.05) is 0 Å². The molecule has 1 aromatic rings. The highest BCUT2D eigenvalue weighted by atomic mass is 16.5. The Morgan fingerprint density at radius 3 is 2.87 bits per heavy atom. The SMILES string of the molecule is COc1nc(C2CC2)ncc1CC(C)=O. The van der Waals surface area contributed by atoms with Gasteiger partial charge in [-0.15, -0.1) is 0 Å². The van der Waals surface area contributed by atoms with Crippen molar-refractivity contribution < 1.29 is 9.53 Å². The van der Waals surface area contributed by atoms with E-state index in [1.165, 1.54) is 0 Å². The van der Waals surface area contributed by atoms with E-state index in [1.54, 1.807) is 20.2 Å². The van der Waals surface area contributed by atoms with Crippen LogP contribution in [0.15, 0.2) is 6.20 Å². The van der Waals surface area contributed by atoms with Crippen LogP contribution in [-0.2, 0) is 11.2 Å². The van der Waals surface area contributed by atoms with Crippen molar-refractivity contribution in [2.75, 3.05) is 7.11 Å². The van der Waals surface area contributed by atoms with E-state index in [0.29, 0.717) is 18.2 Å². The summed E-state index contributed by atoms with van der Waals surface area (Å²) in [6, 6.07) is 0. The number of methoxy groups -OCH3 is 1. The van der Waals surface area contributed by atoms with E-state index in [9.17, 15) is 4.79 Å². The molecule has 4 heteroatoms. The summed E-state index contributed by atoms with van der Waals surface area (Å²) in [6.07, 6.45) is 4.37. The van der Waals surface area contributed by atoms with Gasteiger partial charge in [0.05, 0.1) is 7.11 Å². The van der Waals surface area contributed by atoms with E-state index in [2.05, 4.69) is 9.97 Å². The van der Waals surface area contributed by atoms with Gasteiger partial charge in [-0.25, -0.2) is 4.98 Å². The van der Waals surface area contributed by atoms with E-state index in [0.717, 1.165) is 24.2 Å². The third-order valence-corrected chi connectivity index (χ3v) is 2.42. The van der Waals surface area contributed by atoms with Crippen molar-refractivity contribution in [3.05, 3.63) is 17.6 Å². The number of carbonyl (C=O) groups excluding carboxylic acids is 1. The molecular formula is C11H14N2O2. The van der Waals surface area contributed by atoms with Gasteiger partial charge < -0.3 is 4.74 Å². The number of aromatic nitrogens is 2. The zero-order chi connectivity index (χ0) is 10.8. The lowest BCUT2D eigenvalue weighted by atomic mass is 10.2. The number of hydrogen-bond acceptors (Lipinski definition) is 4. The van der Waals surface area contributed by atoms with E-state index in [4.69, 9.17) is 4.74 Å². The Kier molecular flexibility index (Phi) is 2.66. The predicted octanol–water partition coefficient (Wildman–Crippen LogP) is 1.49. The standard InChI is InChI=1S/C11H14N2O2/c1-7(14)5-9-6-12-10(8-3-4-8)13-11(9)15-2/h6,8H,3-5H2,1-2H3. The highest BCUT2D eigenvalue weighted by Crippen LogP contribution is 2.38. The number of hydrogen-bond donors (Lipinski definition) is 0. The van der Waals surface area contributed by atoms with Gasteiger partial charge in [-0.1, -0.05) is 0 Å². The Hall–Kier alpha value is -1.45. The first kappa shape index (κ1) is 10.1. The summed E-state index contributed by atoms with van der Waals surface area (Å²) in [4.78, 5) is 19.6. The van der Waals surface area contributed by atoms with Crippen molar-refractivity contribution in [3.63, 3.8) is 0 Å². The number of nitrogens with zero attached hydrogens (tertiary/aromatic N) is 2. The first-order valence-corrected chi connectivity index (χ1v) is 5.10. The highest BCUT2D eigenvalue weighted by Gasteiger charge is 2.27. The van der Waals surface area contributed by atoms with Crippen LogP contribution in [0.4, 0.5) is 0 Å². The lowest BCUT2D eigenvalue weighted by Crippen LogP contribution is -2.04. The molecule has 1 saturated carbocycles. The number of Topliss-reactive ketones (excluding diaryl/α,β-unsaturated/α-hetero) is 1. The molecule has 0 amide bonds. The van der Waals surface area contributed by atoms with E-state index in [-0.39, 0.29) is 5.78 Å². The summed E-state index contributed by atoms with van der Waals surface area (Å²) in [6.45, 7) is 1.55. The third kappa shape index (κ3) is 2.32. The van der Waals surface area contributed by atoms with Crippen LogP contribution in [0.2, 0.25) is 0 Å². The molecule has 0 saturated heterocycles. The maximum Gasteiger partial charge on any atom is 0.220 e. The molecule has 0 aromatic carbocycles. The Labute approximate surface area is 88.7 Å². The largest absolute Gasteiger partial charge is 0.481 e. The lowest BCUT2D eigenvalue weighted by molar-refractivity contribution is -0.116. The Bertz CT molecular complexity index is 386. The number of ketones is 1. The van der Waals surface area contributed by atoms with Gasteiger partial charge in [-0.2, -0.15) is 4.98 Å². The average Bonchev–Trinajstić information content (AvgIpc) is 3.01. The van der Waals surface area contributed by atoms with Gasteiger partial charge in [0.2, 0.25) is 5.88 Å². The second kappa shape index (κ2) is 3.96.